The first-order valence-corrected chi connectivity index (χ1v) is 21.6. The van der Waals surface area contributed by atoms with Gasteiger partial charge in [-0.15, -0.1) is 0 Å². The second-order valence-electron chi connectivity index (χ2n) is 13.8. The molecule has 0 aliphatic rings. The van der Waals surface area contributed by atoms with E-state index in [1.54, 1.807) is 0 Å². The van der Waals surface area contributed by atoms with Gasteiger partial charge < -0.3 is 29.7 Å². The van der Waals surface area contributed by atoms with Crippen LogP contribution in [0.5, 0.6) is 0 Å². The van der Waals surface area contributed by atoms with Crippen LogP contribution >= 0.6 is 7.82 Å². The third-order valence-electron chi connectivity index (χ3n) is 8.83. The topological polar surface area (TPSA) is 172 Å². The molecule has 0 aliphatic heterocycles. The molecule has 0 heterocycles. The van der Waals surface area contributed by atoms with E-state index in [0.717, 1.165) is 38.5 Å². The number of hydrogen-bond donors (Lipinski definition) is 3. The van der Waals surface area contributed by atoms with Crippen molar-refractivity contribution < 1.29 is 47.5 Å². The minimum Gasteiger partial charge on any atom is -0.462 e. The van der Waals surface area contributed by atoms with Crippen LogP contribution in [-0.2, 0) is 37.7 Å². The number of carbonyl (C=O) groups is 3. The Kier molecular flexibility index (Phi) is 33.5. The van der Waals surface area contributed by atoms with Gasteiger partial charge in [0, 0.05) is 12.8 Å². The molecule has 0 aromatic rings. The zero-order valence-corrected chi connectivity index (χ0v) is 32.7. The van der Waals surface area contributed by atoms with Crippen molar-refractivity contribution in [2.75, 3.05) is 19.8 Å². The van der Waals surface area contributed by atoms with E-state index < -0.39 is 51.1 Å². The predicted octanol–water partition coefficient (Wildman–Crippen LogP) is 9.38. The van der Waals surface area contributed by atoms with Gasteiger partial charge in [-0.25, -0.2) is 4.57 Å². The molecule has 0 radical (unpaired) electrons. The fraction of sp³-hybridized carbons (Fsp3) is 0.921. The van der Waals surface area contributed by atoms with Gasteiger partial charge in [0.15, 0.2) is 6.10 Å². The maximum absolute atomic E-state index is 12.6. The highest BCUT2D eigenvalue weighted by atomic mass is 31.2. The minimum absolute atomic E-state index is 0.199. The molecule has 0 saturated carbocycles. The predicted molar refractivity (Wildman–Crippen MR) is 198 cm³/mol. The van der Waals surface area contributed by atoms with Crippen molar-refractivity contribution in [1.82, 2.24) is 0 Å². The average Bonchev–Trinajstić information content (AvgIpc) is 3.08. The standard InChI is InChI=1S/C38H74NO10P/c1-3-5-7-9-11-13-15-17-19-21-23-25-27-29-36(40)46-31-34(32-47-38(42)35(39)33-48-50(43,44)45)49-37(41)30-28-26-24-22-20-18-16-14-12-10-8-6-4-2/h34-35H,3-33,39H2,1-2H3,(H2,43,44,45)/t34-,35+/m1/s1. The molecule has 4 N–H and O–H groups in total. The van der Waals surface area contributed by atoms with Gasteiger partial charge in [0.2, 0.25) is 0 Å². The fourth-order valence-corrected chi connectivity index (χ4v) is 6.08. The van der Waals surface area contributed by atoms with Gasteiger partial charge in [-0.05, 0) is 12.8 Å². The maximum Gasteiger partial charge on any atom is 0.469 e. The molecule has 50 heavy (non-hydrogen) atoms. The molecule has 0 saturated heterocycles. The van der Waals surface area contributed by atoms with Crippen molar-refractivity contribution in [2.45, 2.75) is 206 Å². The smallest absolute Gasteiger partial charge is 0.462 e. The lowest BCUT2D eigenvalue weighted by atomic mass is 10.0. The van der Waals surface area contributed by atoms with Gasteiger partial charge in [0.1, 0.15) is 19.3 Å². The second-order valence-corrected chi connectivity index (χ2v) is 15.0. The van der Waals surface area contributed by atoms with E-state index in [2.05, 4.69) is 18.4 Å². The number of ether oxygens (including phenoxy) is 3. The summed E-state index contributed by atoms with van der Waals surface area (Å²) in [6.07, 6.45) is 30.6. The van der Waals surface area contributed by atoms with Crippen LogP contribution in [0, 0.1) is 0 Å². The number of nitrogens with two attached hydrogens (primary N) is 1. The van der Waals surface area contributed by atoms with Crippen LogP contribution in [0.25, 0.3) is 0 Å². The number of phosphoric acid groups is 1. The zero-order chi connectivity index (χ0) is 37.1. The van der Waals surface area contributed by atoms with Crippen molar-refractivity contribution in [1.29, 1.82) is 0 Å². The molecule has 0 spiro atoms. The summed E-state index contributed by atoms with van der Waals surface area (Å²) in [5.74, 6) is -1.88. The lowest BCUT2D eigenvalue weighted by Gasteiger charge is -2.19. The molecule has 0 bridgehead atoms. The molecule has 12 heteroatoms. The number of esters is 3. The molecule has 0 rings (SSSR count). The van der Waals surface area contributed by atoms with Crippen molar-refractivity contribution >= 4 is 25.7 Å². The summed E-state index contributed by atoms with van der Waals surface area (Å²) in [7, 11) is -4.81. The van der Waals surface area contributed by atoms with Gasteiger partial charge in [-0.1, -0.05) is 168 Å². The molecule has 0 aromatic carbocycles. The first-order valence-electron chi connectivity index (χ1n) is 20.1. The van der Waals surface area contributed by atoms with Crippen LogP contribution in [0.2, 0.25) is 0 Å². The molecule has 0 aliphatic carbocycles. The summed E-state index contributed by atoms with van der Waals surface area (Å²) < 4.78 is 31.1. The van der Waals surface area contributed by atoms with Crippen LogP contribution in [0.15, 0.2) is 0 Å². The Morgan fingerprint density at radius 1 is 0.520 bits per heavy atom. The number of unbranched alkanes of at least 4 members (excludes halogenated alkanes) is 24. The molecule has 0 fully saturated rings. The lowest BCUT2D eigenvalue weighted by molar-refractivity contribution is -0.167. The Morgan fingerprint density at radius 2 is 0.860 bits per heavy atom. The highest BCUT2D eigenvalue weighted by Crippen LogP contribution is 2.35. The first kappa shape index (κ1) is 48.5. The average molecular weight is 736 g/mol. The lowest BCUT2D eigenvalue weighted by Crippen LogP contribution is -2.39. The normalized spacial score (nSPS) is 12.8. The molecule has 0 amide bonds. The van der Waals surface area contributed by atoms with E-state index in [4.69, 9.17) is 29.7 Å². The molecule has 0 unspecified atom stereocenters. The molecule has 296 valence electrons. The van der Waals surface area contributed by atoms with E-state index in [1.165, 1.54) is 116 Å². The number of rotatable bonds is 37. The van der Waals surface area contributed by atoms with Crippen LogP contribution in [0.3, 0.4) is 0 Å². The van der Waals surface area contributed by atoms with Gasteiger partial charge in [0.25, 0.3) is 0 Å². The van der Waals surface area contributed by atoms with Crippen molar-refractivity contribution in [3.63, 3.8) is 0 Å². The highest BCUT2D eigenvalue weighted by Gasteiger charge is 2.24. The van der Waals surface area contributed by atoms with E-state index in [1.807, 2.05) is 0 Å². The maximum atomic E-state index is 12.6. The number of phosphoric ester groups is 1. The molecular formula is C38H74NO10P. The molecule has 11 nitrogen and oxygen atoms in total. The Hall–Kier alpha value is -1.52. The van der Waals surface area contributed by atoms with Crippen molar-refractivity contribution in [3.8, 4) is 0 Å². The second kappa shape index (κ2) is 34.6. The van der Waals surface area contributed by atoms with Gasteiger partial charge in [0.05, 0.1) is 6.61 Å². The van der Waals surface area contributed by atoms with Crippen LogP contribution < -0.4 is 5.73 Å². The Morgan fingerprint density at radius 3 is 1.24 bits per heavy atom. The van der Waals surface area contributed by atoms with Gasteiger partial charge in [-0.2, -0.15) is 0 Å². The Labute approximate surface area is 304 Å². The SMILES string of the molecule is CCCCCCCCCCCCCCCC(=O)OC[C@H](COC(=O)[C@@H](N)COP(=O)(O)O)OC(=O)CCCCCCCCCCCCCCC. The van der Waals surface area contributed by atoms with Crippen molar-refractivity contribution in [3.05, 3.63) is 0 Å². The summed E-state index contributed by atoms with van der Waals surface area (Å²) >= 11 is 0. The van der Waals surface area contributed by atoms with Crippen LogP contribution in [0.1, 0.15) is 194 Å². The summed E-state index contributed by atoms with van der Waals surface area (Å²) in [5, 5.41) is 0. The Balaban J connectivity index is 4.36. The van der Waals surface area contributed by atoms with E-state index in [-0.39, 0.29) is 19.4 Å². The van der Waals surface area contributed by atoms with E-state index >= 15 is 0 Å². The summed E-state index contributed by atoms with van der Waals surface area (Å²) in [6.45, 7) is 3.03. The third-order valence-corrected chi connectivity index (χ3v) is 9.32. The van der Waals surface area contributed by atoms with Gasteiger partial charge >= 0.3 is 25.7 Å². The fourth-order valence-electron chi connectivity index (χ4n) is 5.72. The summed E-state index contributed by atoms with van der Waals surface area (Å²) in [4.78, 5) is 54.8. The summed E-state index contributed by atoms with van der Waals surface area (Å²) in [6, 6.07) is -1.46. The highest BCUT2D eigenvalue weighted by molar-refractivity contribution is 7.46. The zero-order valence-electron chi connectivity index (χ0n) is 31.8. The minimum atomic E-state index is -4.81. The molecular weight excluding hydrogens is 661 g/mol. The first-order chi connectivity index (χ1) is 24.1. The van der Waals surface area contributed by atoms with E-state index in [0.29, 0.717) is 12.8 Å². The van der Waals surface area contributed by atoms with E-state index in [9.17, 15) is 18.9 Å². The van der Waals surface area contributed by atoms with Crippen molar-refractivity contribution in [2.24, 2.45) is 5.73 Å². The summed E-state index contributed by atoms with van der Waals surface area (Å²) in [5.41, 5.74) is 5.60. The molecule has 0 aromatic heterocycles. The quantitative estimate of drug-likeness (QED) is 0.0240. The van der Waals surface area contributed by atoms with Gasteiger partial charge in [-0.3, -0.25) is 18.9 Å². The molecule has 2 atom stereocenters. The monoisotopic (exact) mass is 736 g/mol. The number of hydrogen-bond acceptors (Lipinski definition) is 9. The third kappa shape index (κ3) is 34.9. The number of carbonyl (C=O) groups excluding carboxylic acids is 3. The van der Waals surface area contributed by atoms with Crippen LogP contribution in [0.4, 0.5) is 0 Å². The largest absolute Gasteiger partial charge is 0.469 e. The van der Waals surface area contributed by atoms with Crippen LogP contribution in [-0.4, -0.2) is 59.7 Å². The Bertz CT molecular complexity index is 869.